The molecule has 2 rings (SSSR count). The first-order valence-electron chi connectivity index (χ1n) is 7.20. The molecule has 0 bridgehead atoms. The highest BCUT2D eigenvalue weighted by Gasteiger charge is 2.25. The molecule has 4 N–H and O–H groups in total. The Morgan fingerprint density at radius 1 is 1.45 bits per heavy atom. The molecule has 4 nitrogen and oxygen atoms in total. The third-order valence-corrected chi connectivity index (χ3v) is 3.94. The van der Waals surface area contributed by atoms with Gasteiger partial charge in [-0.25, -0.2) is 4.39 Å². The molecular weight excluding hydrogens is 257 g/mol. The van der Waals surface area contributed by atoms with Crippen LogP contribution >= 0.6 is 0 Å². The Labute approximate surface area is 118 Å². The summed E-state index contributed by atoms with van der Waals surface area (Å²) in [5, 5.41) is 0. The summed E-state index contributed by atoms with van der Waals surface area (Å²) in [7, 11) is 0. The maximum absolute atomic E-state index is 14.2. The number of carbonyl (C=O) groups excluding carboxylic acids is 1. The number of benzene rings is 1. The topological polar surface area (TPSA) is 72.3 Å². The molecule has 0 radical (unpaired) electrons. The van der Waals surface area contributed by atoms with Crippen LogP contribution in [0.3, 0.4) is 0 Å². The maximum Gasteiger partial charge on any atom is 0.250 e. The molecule has 0 spiro atoms. The number of rotatable bonds is 4. The summed E-state index contributed by atoms with van der Waals surface area (Å²) in [6.07, 6.45) is 5.34. The number of nitrogens with zero attached hydrogens (tertiary/aromatic N) is 1. The number of halogens is 1. The van der Waals surface area contributed by atoms with Gasteiger partial charge in [0, 0.05) is 18.3 Å². The van der Waals surface area contributed by atoms with E-state index in [0.29, 0.717) is 11.7 Å². The van der Waals surface area contributed by atoms with E-state index in [1.165, 1.54) is 18.6 Å². The fourth-order valence-corrected chi connectivity index (χ4v) is 2.96. The quantitative estimate of drug-likeness (QED) is 0.832. The molecule has 0 saturated carbocycles. The minimum atomic E-state index is -0.618. The van der Waals surface area contributed by atoms with Gasteiger partial charge >= 0.3 is 0 Å². The monoisotopic (exact) mass is 279 g/mol. The lowest BCUT2D eigenvalue weighted by atomic mass is 9.96. The van der Waals surface area contributed by atoms with Gasteiger partial charge in [0.25, 0.3) is 5.91 Å². The summed E-state index contributed by atoms with van der Waals surface area (Å²) < 4.78 is 14.2. The van der Waals surface area contributed by atoms with E-state index in [0.717, 1.165) is 32.2 Å². The van der Waals surface area contributed by atoms with Crippen LogP contribution in [0, 0.1) is 5.82 Å². The Bertz CT molecular complexity index is 502. The molecule has 1 aromatic rings. The number of piperidine rings is 1. The smallest absolute Gasteiger partial charge is 0.250 e. The zero-order valence-electron chi connectivity index (χ0n) is 11.9. The molecule has 20 heavy (non-hydrogen) atoms. The zero-order valence-corrected chi connectivity index (χ0v) is 11.9. The van der Waals surface area contributed by atoms with Gasteiger partial charge in [-0.05, 0) is 37.8 Å². The van der Waals surface area contributed by atoms with Crippen LogP contribution in [-0.2, 0) is 0 Å². The number of carbonyl (C=O) groups is 1. The highest BCUT2D eigenvalue weighted by Crippen LogP contribution is 2.32. The van der Waals surface area contributed by atoms with Crippen LogP contribution in [0.25, 0.3) is 0 Å². The van der Waals surface area contributed by atoms with Crippen molar-refractivity contribution in [2.24, 2.45) is 5.73 Å². The molecule has 110 valence electrons. The molecule has 0 aromatic heterocycles. The lowest BCUT2D eigenvalue weighted by Gasteiger charge is -2.38. The maximum atomic E-state index is 14.2. The first-order chi connectivity index (χ1) is 9.54. The SMILES string of the molecule is CCCC1CCCCN1c1cc(C(N)=O)c(N)cc1F. The van der Waals surface area contributed by atoms with Crippen molar-refractivity contribution in [2.45, 2.75) is 45.1 Å². The van der Waals surface area contributed by atoms with Crippen LogP contribution < -0.4 is 16.4 Å². The van der Waals surface area contributed by atoms with Crippen LogP contribution in [0.2, 0.25) is 0 Å². The Morgan fingerprint density at radius 2 is 2.20 bits per heavy atom. The van der Waals surface area contributed by atoms with E-state index in [-0.39, 0.29) is 17.1 Å². The molecule has 1 fully saturated rings. The van der Waals surface area contributed by atoms with Gasteiger partial charge in [-0.3, -0.25) is 4.79 Å². The minimum absolute atomic E-state index is 0.0998. The van der Waals surface area contributed by atoms with E-state index in [1.807, 2.05) is 0 Å². The molecule has 1 atom stereocenters. The summed E-state index contributed by atoms with van der Waals surface area (Å²) in [5.74, 6) is -0.997. The number of primary amides is 1. The van der Waals surface area contributed by atoms with Gasteiger partial charge in [0.1, 0.15) is 5.82 Å². The molecule has 1 unspecified atom stereocenters. The van der Waals surface area contributed by atoms with Gasteiger partial charge in [-0.15, -0.1) is 0 Å². The van der Waals surface area contributed by atoms with Gasteiger partial charge in [0.05, 0.1) is 11.3 Å². The number of nitrogen functional groups attached to an aromatic ring is 1. The van der Waals surface area contributed by atoms with Crippen LogP contribution in [0.5, 0.6) is 0 Å². The molecule has 1 heterocycles. The third-order valence-electron chi connectivity index (χ3n) is 3.94. The second kappa shape index (κ2) is 6.11. The Balaban J connectivity index is 2.39. The fourth-order valence-electron chi connectivity index (χ4n) is 2.96. The van der Waals surface area contributed by atoms with Crippen LogP contribution in [0.4, 0.5) is 15.8 Å². The van der Waals surface area contributed by atoms with Crippen molar-refractivity contribution in [1.29, 1.82) is 0 Å². The second-order valence-electron chi connectivity index (χ2n) is 5.39. The van der Waals surface area contributed by atoms with Crippen molar-refractivity contribution >= 4 is 17.3 Å². The zero-order chi connectivity index (χ0) is 14.7. The van der Waals surface area contributed by atoms with E-state index in [1.54, 1.807) is 0 Å². The first kappa shape index (κ1) is 14.6. The van der Waals surface area contributed by atoms with E-state index in [4.69, 9.17) is 11.5 Å². The van der Waals surface area contributed by atoms with Gasteiger partial charge in [-0.1, -0.05) is 13.3 Å². The standard InChI is InChI=1S/C15H22FN3O/c1-2-5-10-6-3-4-7-19(10)14-8-11(15(18)20)13(17)9-12(14)16/h8-10H,2-7,17H2,1H3,(H2,18,20). The predicted molar refractivity (Wildman–Crippen MR) is 79.2 cm³/mol. The molecule has 1 saturated heterocycles. The third kappa shape index (κ3) is 2.86. The largest absolute Gasteiger partial charge is 0.398 e. The number of amides is 1. The Morgan fingerprint density at radius 3 is 2.85 bits per heavy atom. The highest BCUT2D eigenvalue weighted by molar-refractivity contribution is 5.99. The van der Waals surface area contributed by atoms with E-state index in [9.17, 15) is 9.18 Å². The van der Waals surface area contributed by atoms with E-state index >= 15 is 0 Å². The molecule has 1 amide bonds. The van der Waals surface area contributed by atoms with Crippen molar-refractivity contribution in [3.8, 4) is 0 Å². The minimum Gasteiger partial charge on any atom is -0.398 e. The summed E-state index contributed by atoms with van der Waals surface area (Å²) in [6, 6.07) is 3.03. The summed E-state index contributed by atoms with van der Waals surface area (Å²) in [4.78, 5) is 13.4. The summed E-state index contributed by atoms with van der Waals surface area (Å²) >= 11 is 0. The van der Waals surface area contributed by atoms with Crippen LogP contribution in [-0.4, -0.2) is 18.5 Å². The van der Waals surface area contributed by atoms with E-state index in [2.05, 4.69) is 11.8 Å². The molecule has 1 aliphatic heterocycles. The average Bonchev–Trinajstić information content (AvgIpc) is 2.40. The number of nitrogens with two attached hydrogens (primary N) is 2. The fraction of sp³-hybridized carbons (Fsp3) is 0.533. The van der Waals surface area contributed by atoms with Gasteiger partial charge in [-0.2, -0.15) is 0 Å². The Hall–Kier alpha value is -1.78. The van der Waals surface area contributed by atoms with Crippen LogP contribution in [0.1, 0.15) is 49.4 Å². The molecule has 0 aliphatic carbocycles. The second-order valence-corrected chi connectivity index (χ2v) is 5.39. The normalized spacial score (nSPS) is 19.1. The van der Waals surface area contributed by atoms with Crippen molar-refractivity contribution in [1.82, 2.24) is 0 Å². The molecule has 1 aliphatic rings. The predicted octanol–water partition coefficient (Wildman–Crippen LogP) is 2.67. The van der Waals surface area contributed by atoms with Crippen molar-refractivity contribution in [3.05, 3.63) is 23.5 Å². The Kier molecular flexibility index (Phi) is 4.47. The van der Waals surface area contributed by atoms with Crippen LogP contribution in [0.15, 0.2) is 12.1 Å². The molecule has 1 aromatic carbocycles. The molecular formula is C15H22FN3O. The van der Waals surface area contributed by atoms with Gasteiger partial charge in [0.2, 0.25) is 0 Å². The highest BCUT2D eigenvalue weighted by atomic mass is 19.1. The van der Waals surface area contributed by atoms with E-state index < -0.39 is 5.91 Å². The summed E-state index contributed by atoms with van der Waals surface area (Å²) in [5.41, 5.74) is 11.7. The van der Waals surface area contributed by atoms with Gasteiger partial charge < -0.3 is 16.4 Å². The lowest BCUT2D eigenvalue weighted by molar-refractivity contribution is 0.100. The first-order valence-corrected chi connectivity index (χ1v) is 7.20. The van der Waals surface area contributed by atoms with Crippen molar-refractivity contribution in [3.63, 3.8) is 0 Å². The van der Waals surface area contributed by atoms with Crippen molar-refractivity contribution < 1.29 is 9.18 Å². The lowest BCUT2D eigenvalue weighted by Crippen LogP contribution is -2.40. The number of hydrogen-bond acceptors (Lipinski definition) is 3. The number of anilines is 2. The van der Waals surface area contributed by atoms with Gasteiger partial charge in [0.15, 0.2) is 0 Å². The number of hydrogen-bond donors (Lipinski definition) is 2. The molecule has 5 heteroatoms. The average molecular weight is 279 g/mol. The van der Waals surface area contributed by atoms with Crippen molar-refractivity contribution in [2.75, 3.05) is 17.2 Å². The summed E-state index contributed by atoms with van der Waals surface area (Å²) in [6.45, 7) is 2.94.